The van der Waals surface area contributed by atoms with Crippen LogP contribution in [0, 0.1) is 0 Å². The second kappa shape index (κ2) is 6.49. The minimum Gasteiger partial charge on any atom is -0.477 e. The minimum absolute atomic E-state index is 0.177. The number of hydrogen-bond donors (Lipinski definition) is 2. The van der Waals surface area contributed by atoms with Crippen LogP contribution in [-0.2, 0) is 0 Å². The number of amides is 1. The molecule has 1 aromatic heterocycles. The molecule has 1 aliphatic heterocycles. The molecule has 0 saturated carbocycles. The van der Waals surface area contributed by atoms with E-state index in [0.717, 1.165) is 22.8 Å². The fourth-order valence-corrected chi connectivity index (χ4v) is 4.90. The van der Waals surface area contributed by atoms with Gasteiger partial charge in [0.15, 0.2) is 0 Å². The lowest BCUT2D eigenvalue weighted by Crippen LogP contribution is -2.33. The smallest absolute Gasteiger partial charge is 0.345 e. The highest BCUT2D eigenvalue weighted by molar-refractivity contribution is 8.06. The maximum Gasteiger partial charge on any atom is 0.345 e. The highest BCUT2D eigenvalue weighted by atomic mass is 32.2. The Morgan fingerprint density at radius 2 is 2.11 bits per heavy atom. The van der Waals surface area contributed by atoms with E-state index in [1.54, 1.807) is 6.07 Å². The van der Waals surface area contributed by atoms with Gasteiger partial charge in [-0.3, -0.25) is 4.79 Å². The Balaban J connectivity index is 1.84. The first-order valence-corrected chi connectivity index (χ1v) is 8.49. The zero-order valence-electron chi connectivity index (χ0n) is 9.55. The lowest BCUT2D eigenvalue weighted by molar-refractivity contribution is 0.0702. The molecule has 4 nitrogen and oxygen atoms in total. The third-order valence-corrected chi connectivity index (χ3v) is 6.33. The molecule has 0 radical (unpaired) electrons. The van der Waals surface area contributed by atoms with Crippen LogP contribution >= 0.6 is 34.9 Å². The normalized spacial score (nSPS) is 19.4. The van der Waals surface area contributed by atoms with E-state index in [9.17, 15) is 9.59 Å². The van der Waals surface area contributed by atoms with E-state index in [1.165, 1.54) is 11.8 Å². The Morgan fingerprint density at radius 1 is 1.33 bits per heavy atom. The van der Waals surface area contributed by atoms with Gasteiger partial charge in [-0.05, 0) is 12.1 Å². The average molecular weight is 303 g/mol. The summed E-state index contributed by atoms with van der Waals surface area (Å²) in [6.45, 7) is 0.650. The van der Waals surface area contributed by atoms with Crippen LogP contribution in [0.25, 0.3) is 0 Å². The number of hydrogen-bond acceptors (Lipinski definition) is 5. The molecule has 1 saturated heterocycles. The quantitative estimate of drug-likeness (QED) is 0.891. The molecule has 1 aromatic rings. The number of thioether (sulfide) groups is 2. The number of rotatable bonds is 4. The van der Waals surface area contributed by atoms with Gasteiger partial charge in [0.2, 0.25) is 0 Å². The summed E-state index contributed by atoms with van der Waals surface area (Å²) >= 11 is 4.81. The summed E-state index contributed by atoms with van der Waals surface area (Å²) in [5, 5.41) is 12.1. The van der Waals surface area contributed by atoms with E-state index in [1.807, 2.05) is 23.5 Å². The highest BCUT2D eigenvalue weighted by Gasteiger charge is 2.17. The molecule has 0 aromatic carbocycles. The maximum atomic E-state index is 11.8. The van der Waals surface area contributed by atoms with Gasteiger partial charge in [0, 0.05) is 29.1 Å². The Bertz CT molecular complexity index is 440. The van der Waals surface area contributed by atoms with Crippen LogP contribution in [0.2, 0.25) is 0 Å². The molecule has 18 heavy (non-hydrogen) atoms. The summed E-state index contributed by atoms with van der Waals surface area (Å²) in [6.07, 6.45) is 0. The van der Waals surface area contributed by atoms with Gasteiger partial charge in [-0.15, -0.1) is 11.3 Å². The lowest BCUT2D eigenvalue weighted by atomic mass is 10.4. The van der Waals surface area contributed by atoms with Crippen molar-refractivity contribution in [3.05, 3.63) is 21.9 Å². The minimum atomic E-state index is -0.988. The van der Waals surface area contributed by atoms with Crippen LogP contribution in [0.1, 0.15) is 19.3 Å². The molecule has 1 atom stereocenters. The molecule has 1 aliphatic rings. The second-order valence-corrected chi connectivity index (χ2v) is 7.39. The second-order valence-electron chi connectivity index (χ2n) is 3.75. The Kier molecular flexibility index (Phi) is 4.96. The molecule has 2 rings (SSSR count). The molecule has 0 spiro atoms. The largest absolute Gasteiger partial charge is 0.477 e. The van der Waals surface area contributed by atoms with Gasteiger partial charge in [-0.2, -0.15) is 23.5 Å². The summed E-state index contributed by atoms with van der Waals surface area (Å²) in [5.41, 5.74) is 0. The predicted molar refractivity (Wildman–Crippen MR) is 77.2 cm³/mol. The molecule has 0 bridgehead atoms. The molecule has 1 fully saturated rings. The van der Waals surface area contributed by atoms with Crippen molar-refractivity contribution in [1.29, 1.82) is 0 Å². The van der Waals surface area contributed by atoms with Gasteiger partial charge in [0.05, 0.1) is 4.88 Å². The van der Waals surface area contributed by atoms with Gasteiger partial charge in [-0.1, -0.05) is 0 Å². The molecule has 0 aliphatic carbocycles. The van der Waals surface area contributed by atoms with E-state index >= 15 is 0 Å². The summed E-state index contributed by atoms with van der Waals surface area (Å²) in [5.74, 6) is 2.22. The van der Waals surface area contributed by atoms with E-state index in [2.05, 4.69) is 5.32 Å². The van der Waals surface area contributed by atoms with Gasteiger partial charge in [0.25, 0.3) is 5.91 Å². The van der Waals surface area contributed by atoms with E-state index in [4.69, 9.17) is 5.11 Å². The standard InChI is InChI=1S/C11H13NO3S3/c13-10(8-1-2-9(18-8)11(14)15)12-5-7-6-16-3-4-17-7/h1-2,7H,3-6H2,(H,12,13)(H,14,15). The van der Waals surface area contributed by atoms with Crippen molar-refractivity contribution >= 4 is 46.7 Å². The molecule has 2 heterocycles. The fraction of sp³-hybridized carbons (Fsp3) is 0.455. The van der Waals surface area contributed by atoms with Crippen LogP contribution in [0.15, 0.2) is 12.1 Å². The first-order chi connectivity index (χ1) is 8.66. The number of carboxylic acid groups (broad SMARTS) is 1. The van der Waals surface area contributed by atoms with Crippen LogP contribution in [0.5, 0.6) is 0 Å². The Labute approximate surface area is 118 Å². The van der Waals surface area contributed by atoms with Crippen LogP contribution in [0.4, 0.5) is 0 Å². The highest BCUT2D eigenvalue weighted by Crippen LogP contribution is 2.23. The van der Waals surface area contributed by atoms with Crippen molar-refractivity contribution in [3.63, 3.8) is 0 Å². The first kappa shape index (κ1) is 13.8. The predicted octanol–water partition coefficient (Wildman–Crippen LogP) is 2.02. The maximum absolute atomic E-state index is 11.8. The average Bonchev–Trinajstić information content (AvgIpc) is 2.87. The zero-order valence-corrected chi connectivity index (χ0v) is 12.0. The van der Waals surface area contributed by atoms with Crippen molar-refractivity contribution < 1.29 is 14.7 Å². The van der Waals surface area contributed by atoms with Crippen LogP contribution in [0.3, 0.4) is 0 Å². The fourth-order valence-electron chi connectivity index (χ4n) is 1.52. The third kappa shape index (κ3) is 3.66. The van der Waals surface area contributed by atoms with Crippen molar-refractivity contribution in [2.75, 3.05) is 23.8 Å². The van der Waals surface area contributed by atoms with Crippen molar-refractivity contribution in [3.8, 4) is 0 Å². The number of carboxylic acids is 1. The van der Waals surface area contributed by atoms with Gasteiger partial charge >= 0.3 is 5.97 Å². The van der Waals surface area contributed by atoms with E-state index in [-0.39, 0.29) is 10.8 Å². The van der Waals surface area contributed by atoms with Crippen molar-refractivity contribution in [2.24, 2.45) is 0 Å². The number of carbonyl (C=O) groups excluding carboxylic acids is 1. The zero-order chi connectivity index (χ0) is 13.0. The third-order valence-electron chi connectivity index (χ3n) is 2.42. The topological polar surface area (TPSA) is 66.4 Å². The summed E-state index contributed by atoms with van der Waals surface area (Å²) < 4.78 is 0. The molecule has 98 valence electrons. The van der Waals surface area contributed by atoms with Gasteiger partial charge < -0.3 is 10.4 Å². The number of carbonyl (C=O) groups is 2. The summed E-state index contributed by atoms with van der Waals surface area (Å²) in [6, 6.07) is 3.03. The van der Waals surface area contributed by atoms with Crippen molar-refractivity contribution in [1.82, 2.24) is 5.32 Å². The van der Waals surface area contributed by atoms with Crippen LogP contribution in [-0.4, -0.2) is 46.0 Å². The molecular formula is C11H13NO3S3. The monoisotopic (exact) mass is 303 g/mol. The summed E-state index contributed by atoms with van der Waals surface area (Å²) in [7, 11) is 0. The number of thiophene rings is 1. The Hall–Kier alpha value is -0.660. The molecular weight excluding hydrogens is 290 g/mol. The van der Waals surface area contributed by atoms with E-state index in [0.29, 0.717) is 16.7 Å². The molecule has 7 heteroatoms. The number of nitrogens with one attached hydrogen (secondary N) is 1. The van der Waals surface area contributed by atoms with Gasteiger partial charge in [0.1, 0.15) is 4.88 Å². The first-order valence-electron chi connectivity index (χ1n) is 5.47. The lowest BCUT2D eigenvalue weighted by Gasteiger charge is -2.20. The Morgan fingerprint density at radius 3 is 2.72 bits per heavy atom. The molecule has 2 N–H and O–H groups in total. The van der Waals surface area contributed by atoms with Gasteiger partial charge in [-0.25, -0.2) is 4.79 Å². The van der Waals surface area contributed by atoms with Crippen LogP contribution < -0.4 is 5.32 Å². The SMILES string of the molecule is O=C(O)c1ccc(C(=O)NCC2CSCCS2)s1. The number of aromatic carboxylic acids is 1. The molecule has 1 unspecified atom stereocenters. The van der Waals surface area contributed by atoms with E-state index < -0.39 is 5.97 Å². The molecule has 1 amide bonds. The summed E-state index contributed by atoms with van der Waals surface area (Å²) in [4.78, 5) is 23.2. The van der Waals surface area contributed by atoms with Crippen molar-refractivity contribution in [2.45, 2.75) is 5.25 Å².